The summed E-state index contributed by atoms with van der Waals surface area (Å²) in [4.78, 5) is 11.4. The molecule has 1 fully saturated rings. The van der Waals surface area contributed by atoms with Crippen molar-refractivity contribution in [3.8, 4) is 0 Å². The van der Waals surface area contributed by atoms with Crippen LogP contribution in [0.25, 0.3) is 0 Å². The SMILES string of the molecule is Nc1cccc(Cl)c1NCC(=O)NC1CC1. The molecule has 0 aromatic heterocycles. The summed E-state index contributed by atoms with van der Waals surface area (Å²) < 4.78 is 0. The Labute approximate surface area is 99.2 Å². The van der Waals surface area contributed by atoms with Crippen molar-refractivity contribution in [2.24, 2.45) is 0 Å². The molecule has 1 saturated carbocycles. The Kier molecular flexibility index (Phi) is 3.19. The lowest BCUT2D eigenvalue weighted by atomic mass is 10.2. The molecule has 1 aromatic rings. The molecule has 0 spiro atoms. The van der Waals surface area contributed by atoms with Crippen molar-refractivity contribution in [2.45, 2.75) is 18.9 Å². The summed E-state index contributed by atoms with van der Waals surface area (Å²) in [6.45, 7) is 0.199. The van der Waals surface area contributed by atoms with E-state index in [2.05, 4.69) is 10.6 Å². The number of amides is 1. The number of para-hydroxylation sites is 1. The summed E-state index contributed by atoms with van der Waals surface area (Å²) in [7, 11) is 0. The lowest BCUT2D eigenvalue weighted by Gasteiger charge is -2.10. The highest BCUT2D eigenvalue weighted by Gasteiger charge is 2.22. The Morgan fingerprint density at radius 3 is 2.88 bits per heavy atom. The van der Waals surface area contributed by atoms with Crippen molar-refractivity contribution in [3.05, 3.63) is 23.2 Å². The normalized spacial score (nSPS) is 14.6. The van der Waals surface area contributed by atoms with Gasteiger partial charge in [-0.15, -0.1) is 0 Å². The molecule has 1 aliphatic carbocycles. The van der Waals surface area contributed by atoms with Crippen molar-refractivity contribution < 1.29 is 4.79 Å². The minimum absolute atomic E-state index is 0.0261. The Balaban J connectivity index is 1.90. The van der Waals surface area contributed by atoms with Crippen LogP contribution in [-0.2, 0) is 4.79 Å². The molecule has 0 atom stereocenters. The van der Waals surface area contributed by atoms with E-state index in [0.717, 1.165) is 12.8 Å². The van der Waals surface area contributed by atoms with Gasteiger partial charge in [-0.3, -0.25) is 4.79 Å². The molecule has 4 nitrogen and oxygen atoms in total. The second-order valence-corrected chi connectivity index (χ2v) is 4.31. The summed E-state index contributed by atoms with van der Waals surface area (Å²) in [6.07, 6.45) is 2.17. The van der Waals surface area contributed by atoms with Gasteiger partial charge in [0.1, 0.15) is 0 Å². The molecular formula is C11H14ClN3O. The van der Waals surface area contributed by atoms with Gasteiger partial charge >= 0.3 is 0 Å². The van der Waals surface area contributed by atoms with Gasteiger partial charge in [-0.2, -0.15) is 0 Å². The standard InChI is InChI=1S/C11H14ClN3O/c12-8-2-1-3-9(13)11(8)14-6-10(16)15-7-4-5-7/h1-3,7,14H,4-6,13H2,(H,15,16). The fourth-order valence-electron chi connectivity index (χ4n) is 1.40. The Morgan fingerprint density at radius 1 is 1.50 bits per heavy atom. The molecule has 0 unspecified atom stereocenters. The number of nitrogens with two attached hydrogens (primary N) is 1. The number of hydrogen-bond acceptors (Lipinski definition) is 3. The highest BCUT2D eigenvalue weighted by molar-refractivity contribution is 6.33. The van der Waals surface area contributed by atoms with E-state index in [4.69, 9.17) is 17.3 Å². The number of carbonyl (C=O) groups is 1. The highest BCUT2D eigenvalue weighted by Crippen LogP contribution is 2.27. The van der Waals surface area contributed by atoms with Gasteiger partial charge in [0.05, 0.1) is 22.9 Å². The van der Waals surface area contributed by atoms with Gasteiger partial charge in [0.15, 0.2) is 0 Å². The van der Waals surface area contributed by atoms with Gasteiger partial charge in [-0.25, -0.2) is 0 Å². The average Bonchev–Trinajstić information content (AvgIpc) is 3.01. The first-order chi connectivity index (χ1) is 7.66. The van der Waals surface area contributed by atoms with Gasteiger partial charge in [-0.1, -0.05) is 17.7 Å². The predicted molar refractivity (Wildman–Crippen MR) is 65.5 cm³/mol. The van der Waals surface area contributed by atoms with E-state index in [1.165, 1.54) is 0 Å². The quantitative estimate of drug-likeness (QED) is 0.700. The summed E-state index contributed by atoms with van der Waals surface area (Å²) in [6, 6.07) is 5.62. The molecule has 1 aliphatic rings. The molecule has 0 aliphatic heterocycles. The summed E-state index contributed by atoms with van der Waals surface area (Å²) in [5, 5.41) is 6.35. The van der Waals surface area contributed by atoms with Crippen molar-refractivity contribution in [2.75, 3.05) is 17.6 Å². The van der Waals surface area contributed by atoms with Gasteiger partial charge in [0.25, 0.3) is 0 Å². The third-order valence-corrected chi connectivity index (χ3v) is 2.73. The molecule has 2 rings (SSSR count). The zero-order valence-corrected chi connectivity index (χ0v) is 9.55. The smallest absolute Gasteiger partial charge is 0.239 e. The summed E-state index contributed by atoms with van der Waals surface area (Å²) >= 11 is 5.96. The number of carbonyl (C=O) groups excluding carboxylic acids is 1. The molecule has 4 N–H and O–H groups in total. The second kappa shape index (κ2) is 4.61. The zero-order valence-electron chi connectivity index (χ0n) is 8.79. The lowest BCUT2D eigenvalue weighted by molar-refractivity contribution is -0.119. The van der Waals surface area contributed by atoms with Crippen LogP contribution in [0.2, 0.25) is 5.02 Å². The van der Waals surface area contributed by atoms with Crippen LogP contribution in [0.15, 0.2) is 18.2 Å². The van der Waals surface area contributed by atoms with Crippen LogP contribution in [0.4, 0.5) is 11.4 Å². The summed E-state index contributed by atoms with van der Waals surface area (Å²) in [5.41, 5.74) is 6.91. The third kappa shape index (κ3) is 2.79. The first-order valence-corrected chi connectivity index (χ1v) is 5.62. The van der Waals surface area contributed by atoms with Gasteiger partial charge in [0.2, 0.25) is 5.91 Å². The molecule has 1 aromatic carbocycles. The number of hydrogen-bond donors (Lipinski definition) is 3. The van der Waals surface area contributed by atoms with Crippen molar-refractivity contribution >= 4 is 28.9 Å². The van der Waals surface area contributed by atoms with E-state index < -0.39 is 0 Å². The van der Waals surface area contributed by atoms with Crippen molar-refractivity contribution in [1.82, 2.24) is 5.32 Å². The highest BCUT2D eigenvalue weighted by atomic mass is 35.5. The van der Waals surface area contributed by atoms with Crippen LogP contribution in [0, 0.1) is 0 Å². The Morgan fingerprint density at radius 2 is 2.25 bits per heavy atom. The molecule has 1 amide bonds. The maximum atomic E-state index is 11.4. The molecule has 0 bridgehead atoms. The van der Waals surface area contributed by atoms with Crippen molar-refractivity contribution in [1.29, 1.82) is 0 Å². The maximum Gasteiger partial charge on any atom is 0.239 e. The predicted octanol–water partition coefficient (Wildman–Crippen LogP) is 1.61. The van der Waals surface area contributed by atoms with E-state index >= 15 is 0 Å². The van der Waals surface area contributed by atoms with Gasteiger partial charge < -0.3 is 16.4 Å². The minimum Gasteiger partial charge on any atom is -0.397 e. The average molecular weight is 240 g/mol. The maximum absolute atomic E-state index is 11.4. The third-order valence-electron chi connectivity index (χ3n) is 2.41. The first-order valence-electron chi connectivity index (χ1n) is 5.24. The first kappa shape index (κ1) is 11.1. The van der Waals surface area contributed by atoms with Crippen LogP contribution in [0.1, 0.15) is 12.8 Å². The van der Waals surface area contributed by atoms with Crippen molar-refractivity contribution in [3.63, 3.8) is 0 Å². The topological polar surface area (TPSA) is 67.1 Å². The minimum atomic E-state index is -0.0261. The number of nitrogens with one attached hydrogen (secondary N) is 2. The van der Waals surface area contributed by atoms with E-state index in [-0.39, 0.29) is 12.5 Å². The fraction of sp³-hybridized carbons (Fsp3) is 0.364. The molecular weight excluding hydrogens is 226 g/mol. The van der Waals surface area contributed by atoms with Crippen LogP contribution < -0.4 is 16.4 Å². The number of rotatable bonds is 4. The second-order valence-electron chi connectivity index (χ2n) is 3.90. The van der Waals surface area contributed by atoms with E-state index in [1.807, 2.05) is 0 Å². The molecule has 16 heavy (non-hydrogen) atoms. The van der Waals surface area contributed by atoms with E-state index in [1.54, 1.807) is 18.2 Å². The summed E-state index contributed by atoms with van der Waals surface area (Å²) in [5.74, 6) is -0.0261. The Hall–Kier alpha value is -1.42. The zero-order chi connectivity index (χ0) is 11.5. The van der Waals surface area contributed by atoms with Crippen LogP contribution in [0.3, 0.4) is 0 Å². The molecule has 0 saturated heterocycles. The van der Waals surface area contributed by atoms with Crippen LogP contribution in [-0.4, -0.2) is 18.5 Å². The molecule has 0 radical (unpaired) electrons. The van der Waals surface area contributed by atoms with Gasteiger partial charge in [0, 0.05) is 6.04 Å². The monoisotopic (exact) mass is 239 g/mol. The van der Waals surface area contributed by atoms with Crippen LogP contribution in [0.5, 0.6) is 0 Å². The van der Waals surface area contributed by atoms with E-state index in [0.29, 0.717) is 22.4 Å². The van der Waals surface area contributed by atoms with Crippen LogP contribution >= 0.6 is 11.6 Å². The molecule has 0 heterocycles. The largest absolute Gasteiger partial charge is 0.397 e. The molecule has 5 heteroatoms. The lowest BCUT2D eigenvalue weighted by Crippen LogP contribution is -2.31. The Bertz CT molecular complexity index is 384. The molecule has 86 valence electrons. The fourth-order valence-corrected chi connectivity index (χ4v) is 1.65. The van der Waals surface area contributed by atoms with E-state index in [9.17, 15) is 4.79 Å². The number of benzene rings is 1. The number of nitrogen functional groups attached to an aromatic ring is 1. The van der Waals surface area contributed by atoms with Gasteiger partial charge in [-0.05, 0) is 25.0 Å². The number of anilines is 2. The number of halogens is 1.